The number of rotatable bonds is 3. The Kier molecular flexibility index (Phi) is 9.67. The minimum Gasteiger partial charge on any atom is -0.481 e. The van der Waals surface area contributed by atoms with Crippen LogP contribution in [0, 0.1) is 0 Å². The molecule has 18 heavy (non-hydrogen) atoms. The van der Waals surface area contributed by atoms with Gasteiger partial charge in [0.25, 0.3) is 0 Å². The first kappa shape index (κ1) is 17.9. The fraction of sp³-hybridized carbons (Fsp3) is 0.200. The van der Waals surface area contributed by atoms with Crippen molar-refractivity contribution in [1.29, 1.82) is 0 Å². The van der Waals surface area contributed by atoms with Crippen LogP contribution in [-0.2, 0) is 23.9 Å². The molecule has 0 bridgehead atoms. The van der Waals surface area contributed by atoms with Gasteiger partial charge in [0.05, 0.1) is 12.8 Å². The molecule has 0 aromatic rings. The lowest BCUT2D eigenvalue weighted by Crippen LogP contribution is -2.12. The van der Waals surface area contributed by atoms with Gasteiger partial charge in [-0.3, -0.25) is 9.59 Å². The summed E-state index contributed by atoms with van der Waals surface area (Å²) in [7, 11) is 0. The van der Waals surface area contributed by atoms with Crippen LogP contribution >= 0.6 is 0 Å². The molecule has 0 atom stereocenters. The molecule has 8 heteroatoms. The van der Waals surface area contributed by atoms with E-state index < -0.39 is 23.9 Å². The zero-order chi connectivity index (χ0) is 13.3. The van der Waals surface area contributed by atoms with E-state index in [1.807, 2.05) is 0 Å². The smallest absolute Gasteiger partial charge is 0.338 e. The molecule has 4 N–H and O–H groups in total. The van der Waals surface area contributed by atoms with E-state index in [-0.39, 0.29) is 18.3 Å². The molecule has 0 saturated heterocycles. The van der Waals surface area contributed by atoms with Gasteiger partial charge in [0, 0.05) is 12.2 Å². The summed E-state index contributed by atoms with van der Waals surface area (Å²) in [5, 5.41) is 15.9. The molecule has 0 amide bonds. The largest absolute Gasteiger partial charge is 0.481 e. The minimum absolute atomic E-state index is 0. The van der Waals surface area contributed by atoms with E-state index >= 15 is 0 Å². The van der Waals surface area contributed by atoms with E-state index in [1.54, 1.807) is 0 Å². The van der Waals surface area contributed by atoms with Gasteiger partial charge >= 0.3 is 23.9 Å². The van der Waals surface area contributed by atoms with E-state index in [0.717, 1.165) is 12.2 Å². The van der Waals surface area contributed by atoms with Gasteiger partial charge in [-0.2, -0.15) is 0 Å². The maximum Gasteiger partial charge on any atom is 0.338 e. The normalized spacial score (nSPS) is 13.1. The third kappa shape index (κ3) is 11.6. The average molecular weight is 260 g/mol. The average Bonchev–Trinajstić information content (AvgIpc) is 2.16. The van der Waals surface area contributed by atoms with E-state index in [9.17, 15) is 19.2 Å². The third-order valence-electron chi connectivity index (χ3n) is 1.31. The van der Waals surface area contributed by atoms with Gasteiger partial charge in [-0.25, -0.2) is 9.59 Å². The Labute approximate surface area is 101 Å². The summed E-state index contributed by atoms with van der Waals surface area (Å²) >= 11 is 0. The summed E-state index contributed by atoms with van der Waals surface area (Å²) in [5.74, 6) is -3.21. The zero-order valence-corrected chi connectivity index (χ0v) is 9.16. The monoisotopic (exact) mass is 260 g/mol. The van der Waals surface area contributed by atoms with Gasteiger partial charge < -0.3 is 20.4 Å². The number of carbonyl (C=O) groups excluding carboxylic acids is 2. The lowest BCUT2D eigenvalue weighted by atomic mass is 10.3. The van der Waals surface area contributed by atoms with Crippen molar-refractivity contribution in [2.24, 2.45) is 0 Å². The first-order chi connectivity index (χ1) is 7.91. The van der Waals surface area contributed by atoms with E-state index in [2.05, 4.69) is 4.74 Å². The summed E-state index contributed by atoms with van der Waals surface area (Å²) in [6.45, 7) is 0. The van der Waals surface area contributed by atoms with E-state index in [0.29, 0.717) is 0 Å². The Hall–Kier alpha value is -2.48. The summed E-state index contributed by atoms with van der Waals surface area (Å²) < 4.78 is 4.12. The van der Waals surface area contributed by atoms with Gasteiger partial charge in [0.15, 0.2) is 0 Å². The summed E-state index contributed by atoms with van der Waals surface area (Å²) in [5.41, 5.74) is 0. The highest BCUT2D eigenvalue weighted by Crippen LogP contribution is 1.96. The lowest BCUT2D eigenvalue weighted by Gasteiger charge is -1.99. The Morgan fingerprint density at radius 1 is 1.33 bits per heavy atom. The van der Waals surface area contributed by atoms with Crippen LogP contribution in [0.25, 0.3) is 0 Å². The van der Waals surface area contributed by atoms with Gasteiger partial charge in [-0.1, -0.05) is 12.2 Å². The van der Waals surface area contributed by atoms with Crippen molar-refractivity contribution in [2.45, 2.75) is 12.8 Å². The molecule has 0 unspecified atom stereocenters. The predicted molar refractivity (Wildman–Crippen MR) is 57.5 cm³/mol. The molecule has 0 fully saturated rings. The van der Waals surface area contributed by atoms with Crippen molar-refractivity contribution in [2.75, 3.05) is 0 Å². The van der Waals surface area contributed by atoms with Crippen LogP contribution in [0.1, 0.15) is 12.8 Å². The van der Waals surface area contributed by atoms with Crippen molar-refractivity contribution >= 4 is 23.9 Å². The second kappa shape index (κ2) is 9.73. The Morgan fingerprint density at radius 2 is 1.94 bits per heavy atom. The number of carboxylic acid groups (broad SMARTS) is 2. The summed E-state index contributed by atoms with van der Waals surface area (Å²) in [4.78, 5) is 39.8. The van der Waals surface area contributed by atoms with E-state index in [4.69, 9.17) is 10.2 Å². The van der Waals surface area contributed by atoms with Crippen LogP contribution < -0.4 is 0 Å². The lowest BCUT2D eigenvalue weighted by molar-refractivity contribution is -0.156. The number of carboxylic acids is 2. The van der Waals surface area contributed by atoms with Gasteiger partial charge in [0.2, 0.25) is 0 Å². The van der Waals surface area contributed by atoms with Crippen LogP contribution in [0.3, 0.4) is 0 Å². The van der Waals surface area contributed by atoms with Gasteiger partial charge in [-0.15, -0.1) is 0 Å². The SMILES string of the molecule is O.O=C(O)/C=C\CC(=O)O.O=C1C=CCC(=O)O1. The van der Waals surface area contributed by atoms with Crippen molar-refractivity contribution in [3.05, 3.63) is 24.3 Å². The number of hydrogen-bond donors (Lipinski definition) is 2. The van der Waals surface area contributed by atoms with Crippen molar-refractivity contribution in [3.63, 3.8) is 0 Å². The number of aliphatic carboxylic acids is 2. The number of esters is 2. The molecule has 0 aromatic carbocycles. The van der Waals surface area contributed by atoms with Crippen molar-refractivity contribution in [3.8, 4) is 0 Å². The molecule has 1 rings (SSSR count). The summed E-state index contributed by atoms with van der Waals surface area (Å²) in [6, 6.07) is 0. The fourth-order valence-corrected chi connectivity index (χ4v) is 0.700. The maximum atomic E-state index is 10.2. The predicted octanol–water partition coefficient (Wildman–Crippen LogP) is -0.707. The Bertz CT molecular complexity index is 379. The van der Waals surface area contributed by atoms with Crippen LogP contribution in [0.5, 0.6) is 0 Å². The molecule has 0 saturated carbocycles. The highest BCUT2D eigenvalue weighted by atomic mass is 16.6. The quantitative estimate of drug-likeness (QED) is 0.386. The molecule has 0 spiro atoms. The number of cyclic esters (lactones) is 2. The highest BCUT2D eigenvalue weighted by Gasteiger charge is 2.09. The van der Waals surface area contributed by atoms with Gasteiger partial charge in [-0.05, 0) is 0 Å². The molecule has 1 aliphatic heterocycles. The molecule has 100 valence electrons. The molecule has 0 aromatic heterocycles. The number of ether oxygens (including phenoxy) is 1. The molecular formula is C10H12O8. The van der Waals surface area contributed by atoms with Crippen LogP contribution in [0.15, 0.2) is 24.3 Å². The third-order valence-corrected chi connectivity index (χ3v) is 1.31. The highest BCUT2D eigenvalue weighted by molar-refractivity contribution is 5.95. The van der Waals surface area contributed by atoms with Gasteiger partial charge in [0.1, 0.15) is 0 Å². The number of hydrogen-bond acceptors (Lipinski definition) is 5. The first-order valence-corrected chi connectivity index (χ1v) is 4.44. The van der Waals surface area contributed by atoms with Crippen LogP contribution in [0.2, 0.25) is 0 Å². The van der Waals surface area contributed by atoms with E-state index in [1.165, 1.54) is 12.2 Å². The number of carbonyl (C=O) groups is 4. The topological polar surface area (TPSA) is 149 Å². The van der Waals surface area contributed by atoms with Crippen molar-refractivity contribution in [1.82, 2.24) is 0 Å². The Balaban J connectivity index is 0. The zero-order valence-electron chi connectivity index (χ0n) is 9.16. The first-order valence-electron chi connectivity index (χ1n) is 4.44. The molecule has 8 nitrogen and oxygen atoms in total. The molecule has 1 aliphatic rings. The minimum atomic E-state index is -1.13. The van der Waals surface area contributed by atoms with Crippen LogP contribution in [0.4, 0.5) is 0 Å². The summed E-state index contributed by atoms with van der Waals surface area (Å²) in [6.07, 6.45) is 4.56. The second-order valence-electron chi connectivity index (χ2n) is 2.74. The fourth-order valence-electron chi connectivity index (χ4n) is 0.700. The van der Waals surface area contributed by atoms with Crippen molar-refractivity contribution < 1.29 is 39.6 Å². The molecule has 0 aliphatic carbocycles. The second-order valence-corrected chi connectivity index (χ2v) is 2.74. The Morgan fingerprint density at radius 3 is 2.28 bits per heavy atom. The van der Waals surface area contributed by atoms with Crippen LogP contribution in [-0.4, -0.2) is 39.6 Å². The maximum absolute atomic E-state index is 10.2. The molecular weight excluding hydrogens is 248 g/mol. The molecule has 1 heterocycles. The molecule has 0 radical (unpaired) electrons. The standard InChI is InChI=1S/C5H6O4.C5H4O3.H2O/c6-4(7)2-1-3-5(8)9;6-4-2-1-3-5(7)8-4;/h1-2H,3H2,(H,6,7)(H,8,9);1-2H,3H2;1H2/b2-1-;;.